The van der Waals surface area contributed by atoms with Crippen LogP contribution in [-0.4, -0.2) is 22.7 Å². The average molecular weight is 473 g/mol. The van der Waals surface area contributed by atoms with Crippen LogP contribution in [0.2, 0.25) is 0 Å². The third kappa shape index (κ3) is 7.79. The second-order valence-electron chi connectivity index (χ2n) is 8.21. The van der Waals surface area contributed by atoms with Crippen molar-refractivity contribution in [2.24, 2.45) is 5.92 Å². The van der Waals surface area contributed by atoms with Crippen molar-refractivity contribution >= 4 is 24.3 Å². The Morgan fingerprint density at radius 3 is 2.36 bits per heavy atom. The van der Waals surface area contributed by atoms with Crippen molar-refractivity contribution in [3.05, 3.63) is 71.6 Å². The average Bonchev–Trinajstić information content (AvgIpc) is 3.22. The van der Waals surface area contributed by atoms with Crippen LogP contribution in [0.25, 0.3) is 0 Å². The molecule has 0 aliphatic carbocycles. The zero-order valence-corrected chi connectivity index (χ0v) is 20.2. The number of nitrogens with two attached hydrogens (primary N) is 1. The van der Waals surface area contributed by atoms with Gasteiger partial charge in [0.05, 0.1) is 25.0 Å². The molecule has 0 unspecified atom stereocenters. The molecule has 3 N–H and O–H groups in total. The lowest BCUT2D eigenvalue weighted by atomic mass is 9.98. The summed E-state index contributed by atoms with van der Waals surface area (Å²) in [7, 11) is 0. The molecule has 7 nitrogen and oxygen atoms in total. The summed E-state index contributed by atoms with van der Waals surface area (Å²) in [5.41, 5.74) is 7.45. The molecule has 0 saturated carbocycles. The molecule has 3 atom stereocenters. The summed E-state index contributed by atoms with van der Waals surface area (Å²) >= 11 is 0. The van der Waals surface area contributed by atoms with Crippen LogP contribution in [0, 0.1) is 5.92 Å². The SMILES string of the molecule is CCC[C@@H](C)COc1ccc([C@H](Cc2nnc(N)o2)NC(=O)[C@@H](C)c2ccccc2)cc1.Cl. The van der Waals surface area contributed by atoms with Crippen molar-refractivity contribution in [3.8, 4) is 5.75 Å². The molecule has 2 aromatic carbocycles. The number of hydrogen-bond donors (Lipinski definition) is 2. The first kappa shape index (κ1) is 26.2. The second-order valence-corrected chi connectivity index (χ2v) is 8.21. The normalized spacial score (nSPS) is 13.4. The van der Waals surface area contributed by atoms with Crippen molar-refractivity contribution in [3.63, 3.8) is 0 Å². The van der Waals surface area contributed by atoms with E-state index in [1.807, 2.05) is 61.5 Å². The highest BCUT2D eigenvalue weighted by Crippen LogP contribution is 2.24. The Labute approximate surface area is 201 Å². The predicted molar refractivity (Wildman–Crippen MR) is 131 cm³/mol. The highest BCUT2D eigenvalue weighted by molar-refractivity contribution is 5.85. The molecule has 0 fully saturated rings. The highest BCUT2D eigenvalue weighted by Gasteiger charge is 2.22. The van der Waals surface area contributed by atoms with E-state index in [1.165, 1.54) is 0 Å². The van der Waals surface area contributed by atoms with Crippen LogP contribution in [0.15, 0.2) is 59.0 Å². The van der Waals surface area contributed by atoms with Crippen molar-refractivity contribution in [1.82, 2.24) is 15.5 Å². The smallest absolute Gasteiger partial charge is 0.312 e. The van der Waals surface area contributed by atoms with E-state index in [2.05, 4.69) is 29.4 Å². The Morgan fingerprint density at radius 1 is 1.06 bits per heavy atom. The van der Waals surface area contributed by atoms with Gasteiger partial charge in [0.15, 0.2) is 0 Å². The minimum atomic E-state index is -0.346. The number of hydrogen-bond acceptors (Lipinski definition) is 6. The maximum atomic E-state index is 13.0. The summed E-state index contributed by atoms with van der Waals surface area (Å²) in [6.07, 6.45) is 2.62. The molecule has 0 spiro atoms. The molecule has 8 heteroatoms. The van der Waals surface area contributed by atoms with Gasteiger partial charge in [0.25, 0.3) is 0 Å². The van der Waals surface area contributed by atoms with Crippen LogP contribution < -0.4 is 15.8 Å². The number of nitrogens with zero attached hydrogens (tertiary/aromatic N) is 2. The molecule has 1 amide bonds. The maximum Gasteiger partial charge on any atom is 0.312 e. The van der Waals surface area contributed by atoms with Gasteiger partial charge in [-0.05, 0) is 42.5 Å². The zero-order valence-electron chi connectivity index (χ0n) is 19.4. The molecule has 33 heavy (non-hydrogen) atoms. The minimum absolute atomic E-state index is 0. The highest BCUT2D eigenvalue weighted by atomic mass is 35.5. The van der Waals surface area contributed by atoms with E-state index >= 15 is 0 Å². The van der Waals surface area contributed by atoms with Gasteiger partial charge in [0, 0.05) is 0 Å². The number of halogens is 1. The van der Waals surface area contributed by atoms with E-state index in [0.717, 1.165) is 29.7 Å². The summed E-state index contributed by atoms with van der Waals surface area (Å²) in [4.78, 5) is 13.0. The van der Waals surface area contributed by atoms with E-state index in [9.17, 15) is 4.79 Å². The van der Waals surface area contributed by atoms with E-state index in [-0.39, 0.29) is 36.3 Å². The molecule has 3 aromatic rings. The van der Waals surface area contributed by atoms with E-state index < -0.39 is 0 Å². The molecule has 3 rings (SSSR count). The van der Waals surface area contributed by atoms with Crippen LogP contribution in [0.1, 0.15) is 62.6 Å². The largest absolute Gasteiger partial charge is 0.493 e. The Hall–Kier alpha value is -3.06. The van der Waals surface area contributed by atoms with Gasteiger partial charge in [-0.2, -0.15) is 0 Å². The van der Waals surface area contributed by atoms with Crippen LogP contribution in [0.3, 0.4) is 0 Å². The number of amides is 1. The molecule has 0 bridgehead atoms. The van der Waals surface area contributed by atoms with Gasteiger partial charge in [-0.3, -0.25) is 4.79 Å². The Balaban J connectivity index is 0.00000385. The lowest BCUT2D eigenvalue weighted by Crippen LogP contribution is -2.33. The van der Waals surface area contributed by atoms with E-state index in [4.69, 9.17) is 14.9 Å². The molecule has 178 valence electrons. The predicted octanol–water partition coefficient (Wildman–Crippen LogP) is 5.09. The van der Waals surface area contributed by atoms with Gasteiger partial charge >= 0.3 is 6.01 Å². The topological polar surface area (TPSA) is 103 Å². The van der Waals surface area contributed by atoms with Crippen LogP contribution >= 0.6 is 12.4 Å². The van der Waals surface area contributed by atoms with Crippen LogP contribution in [0.5, 0.6) is 5.75 Å². The van der Waals surface area contributed by atoms with Crippen LogP contribution in [0.4, 0.5) is 6.01 Å². The number of rotatable bonds is 11. The second kappa shape index (κ2) is 12.8. The van der Waals surface area contributed by atoms with Crippen molar-refractivity contribution in [2.45, 2.75) is 52.0 Å². The molecular formula is C25H33ClN4O3. The summed E-state index contributed by atoms with van der Waals surface area (Å²) in [6, 6.07) is 17.1. The quantitative estimate of drug-likeness (QED) is 0.402. The molecular weight excluding hydrogens is 440 g/mol. The standard InChI is InChI=1S/C25H32N4O3.ClH/c1-4-8-17(2)16-31-21-13-11-20(12-14-21)22(15-23-28-29-25(26)32-23)27-24(30)18(3)19-9-6-5-7-10-19;/h5-7,9-14,17-18,22H,4,8,15-16H2,1-3H3,(H2,26,29)(H,27,30);1H/t17-,18+,22+;/m1./s1. The van der Waals surface area contributed by atoms with Gasteiger partial charge < -0.3 is 20.2 Å². The van der Waals surface area contributed by atoms with Crippen molar-refractivity contribution in [2.75, 3.05) is 12.3 Å². The lowest BCUT2D eigenvalue weighted by Gasteiger charge is -2.21. The Kier molecular flexibility index (Phi) is 10.2. The number of nitrogens with one attached hydrogen (secondary N) is 1. The third-order valence-corrected chi connectivity index (χ3v) is 5.47. The lowest BCUT2D eigenvalue weighted by molar-refractivity contribution is -0.123. The Bertz CT molecular complexity index is 979. The number of carbonyl (C=O) groups is 1. The molecule has 0 radical (unpaired) electrons. The maximum absolute atomic E-state index is 13.0. The van der Waals surface area contributed by atoms with Gasteiger partial charge in [-0.1, -0.05) is 67.8 Å². The fourth-order valence-corrected chi connectivity index (χ4v) is 3.58. The first-order chi connectivity index (χ1) is 15.5. The monoisotopic (exact) mass is 472 g/mol. The summed E-state index contributed by atoms with van der Waals surface area (Å²) in [6.45, 7) is 6.94. The minimum Gasteiger partial charge on any atom is -0.493 e. The Morgan fingerprint density at radius 2 is 1.76 bits per heavy atom. The van der Waals surface area contributed by atoms with Gasteiger partial charge in [-0.25, -0.2) is 0 Å². The van der Waals surface area contributed by atoms with E-state index in [1.54, 1.807) is 0 Å². The van der Waals surface area contributed by atoms with E-state index in [0.29, 0.717) is 24.8 Å². The summed E-state index contributed by atoms with van der Waals surface area (Å²) in [5.74, 6) is 1.31. The van der Waals surface area contributed by atoms with Gasteiger partial charge in [0.1, 0.15) is 5.75 Å². The number of anilines is 1. The van der Waals surface area contributed by atoms with Gasteiger partial charge in [0.2, 0.25) is 11.8 Å². The molecule has 1 aromatic heterocycles. The third-order valence-electron chi connectivity index (χ3n) is 5.47. The summed E-state index contributed by atoms with van der Waals surface area (Å²) < 4.78 is 11.3. The molecule has 0 aliphatic heterocycles. The number of nitrogen functional groups attached to an aromatic ring is 1. The number of carbonyl (C=O) groups excluding carboxylic acids is 1. The summed E-state index contributed by atoms with van der Waals surface area (Å²) in [5, 5.41) is 10.8. The molecule has 0 aliphatic rings. The fourth-order valence-electron chi connectivity index (χ4n) is 3.58. The number of benzene rings is 2. The first-order valence-corrected chi connectivity index (χ1v) is 11.1. The van der Waals surface area contributed by atoms with Crippen molar-refractivity contribution in [1.29, 1.82) is 0 Å². The molecule has 0 saturated heterocycles. The number of aromatic nitrogens is 2. The fraction of sp³-hybridized carbons (Fsp3) is 0.400. The zero-order chi connectivity index (χ0) is 22.9. The van der Waals surface area contributed by atoms with Crippen molar-refractivity contribution < 1.29 is 13.9 Å². The van der Waals surface area contributed by atoms with Gasteiger partial charge in [-0.15, -0.1) is 17.5 Å². The van der Waals surface area contributed by atoms with Crippen LogP contribution in [-0.2, 0) is 11.2 Å². The molecule has 1 heterocycles. The first-order valence-electron chi connectivity index (χ1n) is 11.1. The number of ether oxygens (including phenoxy) is 1.